The highest BCUT2D eigenvalue weighted by Crippen LogP contribution is 2.26. The fourth-order valence-electron chi connectivity index (χ4n) is 2.72. The van der Waals surface area contributed by atoms with E-state index in [4.69, 9.17) is 17.3 Å². The van der Waals surface area contributed by atoms with E-state index in [1.165, 1.54) is 16.7 Å². The van der Waals surface area contributed by atoms with Gasteiger partial charge in [-0.15, -0.1) is 0 Å². The molecule has 3 N–H and O–H groups in total. The zero-order chi connectivity index (χ0) is 18.7. The van der Waals surface area contributed by atoms with E-state index in [1.807, 2.05) is 31.6 Å². The van der Waals surface area contributed by atoms with Crippen molar-refractivity contribution < 1.29 is 4.98 Å². The summed E-state index contributed by atoms with van der Waals surface area (Å²) in [4.78, 5) is 11.7. The lowest BCUT2D eigenvalue weighted by Crippen LogP contribution is -2.19. The molecule has 0 aromatic carbocycles. The van der Waals surface area contributed by atoms with E-state index in [0.717, 1.165) is 23.2 Å². The van der Waals surface area contributed by atoms with Gasteiger partial charge in [0.25, 0.3) is 0 Å². The van der Waals surface area contributed by atoms with E-state index in [-0.39, 0.29) is 5.95 Å². The smallest absolute Gasteiger partial charge is 0.223 e. The van der Waals surface area contributed by atoms with Gasteiger partial charge in [-0.3, -0.25) is 0 Å². The Labute approximate surface area is 153 Å². The lowest BCUT2D eigenvalue weighted by Gasteiger charge is -2.06. The summed E-state index contributed by atoms with van der Waals surface area (Å²) in [5.41, 5.74) is 12.1. The minimum Gasteiger partial charge on any atom is -0.368 e. The van der Waals surface area contributed by atoms with E-state index in [0.29, 0.717) is 17.3 Å². The lowest BCUT2D eigenvalue weighted by atomic mass is 10.1. The molecule has 7 heteroatoms. The Morgan fingerprint density at radius 3 is 2.48 bits per heavy atom. The molecule has 0 radical (unpaired) electrons. The van der Waals surface area contributed by atoms with Crippen molar-refractivity contribution in [1.82, 2.24) is 19.7 Å². The van der Waals surface area contributed by atoms with Gasteiger partial charge in [-0.2, -0.15) is 10.1 Å². The van der Waals surface area contributed by atoms with Crippen molar-refractivity contribution in [1.29, 1.82) is 0 Å². The van der Waals surface area contributed by atoms with Crippen molar-refractivity contribution in [2.45, 2.75) is 54.5 Å². The maximum absolute atomic E-state index is 6.25. The number of anilines is 1. The van der Waals surface area contributed by atoms with E-state index in [1.54, 1.807) is 0 Å². The number of pyridine rings is 1. The van der Waals surface area contributed by atoms with Crippen molar-refractivity contribution in [2.24, 2.45) is 0 Å². The number of H-pyrrole nitrogens is 1. The third-order valence-electron chi connectivity index (χ3n) is 4.35. The second-order valence-electron chi connectivity index (χ2n) is 5.73. The number of hydrogen-bond donors (Lipinski definition) is 1. The largest absolute Gasteiger partial charge is 0.368 e. The number of nitrogen functional groups attached to an aromatic ring is 1. The molecule has 0 aliphatic rings. The van der Waals surface area contributed by atoms with Crippen LogP contribution in [0.1, 0.15) is 48.8 Å². The molecule has 6 nitrogen and oxygen atoms in total. The summed E-state index contributed by atoms with van der Waals surface area (Å²) in [6.45, 7) is 12.9. The van der Waals surface area contributed by atoms with Crippen molar-refractivity contribution in [3.05, 3.63) is 39.4 Å². The molecule has 3 aromatic rings. The van der Waals surface area contributed by atoms with Gasteiger partial charge in [0.05, 0.1) is 11.1 Å². The summed E-state index contributed by atoms with van der Waals surface area (Å²) in [6, 6.07) is 0. The lowest BCUT2D eigenvalue weighted by molar-refractivity contribution is -0.392. The van der Waals surface area contributed by atoms with Gasteiger partial charge in [-0.25, -0.2) is 14.6 Å². The molecular weight excluding hydrogens is 336 g/mol. The van der Waals surface area contributed by atoms with Crippen molar-refractivity contribution >= 4 is 28.6 Å². The third-order valence-corrected chi connectivity index (χ3v) is 4.62. The van der Waals surface area contributed by atoms with E-state index < -0.39 is 0 Å². The van der Waals surface area contributed by atoms with E-state index >= 15 is 0 Å². The molecule has 0 aliphatic heterocycles. The molecule has 0 bridgehead atoms. The van der Waals surface area contributed by atoms with Crippen LogP contribution in [0.25, 0.3) is 11.0 Å². The number of halogens is 1. The molecule has 0 aliphatic carbocycles. The van der Waals surface area contributed by atoms with Crippen LogP contribution in [0.5, 0.6) is 0 Å². The van der Waals surface area contributed by atoms with Crippen LogP contribution in [0, 0.1) is 20.8 Å². The van der Waals surface area contributed by atoms with Gasteiger partial charge in [0, 0.05) is 11.1 Å². The predicted octanol–water partition coefficient (Wildman–Crippen LogP) is 3.44. The Morgan fingerprint density at radius 1 is 1.16 bits per heavy atom. The number of nitrogens with zero attached hydrogens (tertiary/aromatic N) is 4. The maximum atomic E-state index is 6.25. The highest BCUT2D eigenvalue weighted by molar-refractivity contribution is 6.34. The SMILES string of the molecule is CC.CCc1nn(Cc2[nH+]cc(C)c(C)c2C)c2nc(N)nc(Cl)c12. The quantitative estimate of drug-likeness (QED) is 0.724. The summed E-state index contributed by atoms with van der Waals surface area (Å²) in [5, 5.41) is 5.79. The molecule has 0 saturated carbocycles. The first kappa shape index (κ1) is 19.1. The molecule has 0 fully saturated rings. The summed E-state index contributed by atoms with van der Waals surface area (Å²) >= 11 is 6.25. The second kappa shape index (κ2) is 7.78. The number of nitrogens with two attached hydrogens (primary N) is 1. The number of rotatable bonds is 3. The molecular formula is C18H26ClN6+. The van der Waals surface area contributed by atoms with Crippen LogP contribution in [-0.4, -0.2) is 19.7 Å². The Bertz CT molecular complexity index is 900. The topological polar surface area (TPSA) is 83.8 Å². The summed E-state index contributed by atoms with van der Waals surface area (Å²) in [5.74, 6) is 0.159. The Hall–Kier alpha value is -2.21. The first-order valence-corrected chi connectivity index (χ1v) is 8.96. The standard InChI is InChI=1S/C16H19ClN6.C2H6/c1-5-11-13-14(17)20-16(18)21-15(13)23(22-11)7-12-10(4)9(3)8(2)6-19-12;1-2/h6H,5,7H2,1-4H3,(H2,18,20,21);1-2H3/p+1. The molecule has 3 heterocycles. The van der Waals surface area contributed by atoms with Crippen molar-refractivity contribution in [3.63, 3.8) is 0 Å². The number of hydrogen-bond acceptors (Lipinski definition) is 4. The minimum atomic E-state index is 0.159. The molecule has 0 spiro atoms. The molecule has 0 unspecified atom stereocenters. The fourth-order valence-corrected chi connectivity index (χ4v) is 3.00. The molecule has 25 heavy (non-hydrogen) atoms. The van der Waals surface area contributed by atoms with Gasteiger partial charge < -0.3 is 5.73 Å². The van der Waals surface area contributed by atoms with Gasteiger partial charge in [-0.1, -0.05) is 32.4 Å². The molecule has 0 amide bonds. The number of nitrogens with one attached hydrogen (secondary N) is 1. The van der Waals surface area contributed by atoms with Gasteiger partial charge in [0.2, 0.25) is 11.6 Å². The zero-order valence-corrected chi connectivity index (χ0v) is 16.5. The van der Waals surface area contributed by atoms with Crippen LogP contribution < -0.4 is 10.7 Å². The first-order valence-electron chi connectivity index (χ1n) is 8.58. The number of aromatic nitrogens is 5. The highest BCUT2D eigenvalue weighted by atomic mass is 35.5. The molecule has 3 aromatic heterocycles. The van der Waals surface area contributed by atoms with Crippen molar-refractivity contribution in [3.8, 4) is 0 Å². The molecule has 3 rings (SSSR count). The van der Waals surface area contributed by atoms with Crippen LogP contribution in [0.3, 0.4) is 0 Å². The predicted molar refractivity (Wildman–Crippen MR) is 102 cm³/mol. The Kier molecular flexibility index (Phi) is 5.95. The van der Waals surface area contributed by atoms with Gasteiger partial charge >= 0.3 is 0 Å². The molecule has 0 atom stereocenters. The monoisotopic (exact) mass is 361 g/mol. The highest BCUT2D eigenvalue weighted by Gasteiger charge is 2.19. The normalized spacial score (nSPS) is 10.7. The number of aromatic amines is 1. The second-order valence-corrected chi connectivity index (χ2v) is 6.09. The van der Waals surface area contributed by atoms with Crippen LogP contribution in [0.15, 0.2) is 6.20 Å². The van der Waals surface area contributed by atoms with Gasteiger partial charge in [0.15, 0.2) is 11.8 Å². The van der Waals surface area contributed by atoms with E-state index in [2.05, 4.69) is 40.8 Å². The van der Waals surface area contributed by atoms with Crippen LogP contribution in [0.2, 0.25) is 5.15 Å². The van der Waals surface area contributed by atoms with Crippen molar-refractivity contribution in [2.75, 3.05) is 5.73 Å². The third kappa shape index (κ3) is 3.58. The maximum Gasteiger partial charge on any atom is 0.223 e. The Balaban J connectivity index is 0.00000109. The minimum absolute atomic E-state index is 0.159. The molecule has 134 valence electrons. The average molecular weight is 362 g/mol. The van der Waals surface area contributed by atoms with Crippen LogP contribution in [0.4, 0.5) is 5.95 Å². The van der Waals surface area contributed by atoms with Gasteiger partial charge in [0.1, 0.15) is 11.7 Å². The average Bonchev–Trinajstić information content (AvgIpc) is 2.95. The first-order chi connectivity index (χ1) is 11.9. The van der Waals surface area contributed by atoms with E-state index in [9.17, 15) is 0 Å². The summed E-state index contributed by atoms with van der Waals surface area (Å²) < 4.78 is 1.84. The fraction of sp³-hybridized carbons (Fsp3) is 0.444. The number of fused-ring (bicyclic) bond motifs is 1. The molecule has 0 saturated heterocycles. The zero-order valence-electron chi connectivity index (χ0n) is 15.7. The Morgan fingerprint density at radius 2 is 1.84 bits per heavy atom. The summed E-state index contributed by atoms with van der Waals surface area (Å²) in [6.07, 6.45) is 2.77. The van der Waals surface area contributed by atoms with Crippen LogP contribution in [-0.2, 0) is 13.0 Å². The van der Waals surface area contributed by atoms with Gasteiger partial charge in [-0.05, 0) is 32.8 Å². The van der Waals surface area contributed by atoms with Crippen LogP contribution >= 0.6 is 11.6 Å². The number of aryl methyl sites for hydroxylation is 2. The summed E-state index contributed by atoms with van der Waals surface area (Å²) in [7, 11) is 0.